The van der Waals surface area contributed by atoms with Crippen molar-refractivity contribution in [1.29, 1.82) is 0 Å². The molecule has 2 nitrogen and oxygen atoms in total. The molecular weight excluding hydrogens is 246 g/mol. The average molecular weight is 256 g/mol. The van der Waals surface area contributed by atoms with Crippen LogP contribution in [-0.4, -0.2) is 10.1 Å². The van der Waals surface area contributed by atoms with Gasteiger partial charge in [0.2, 0.25) is 0 Å². The third-order valence-electron chi connectivity index (χ3n) is 2.88. The Hall–Kier alpha value is -2.06. The number of fused-ring (bicyclic) bond motifs is 1. The van der Waals surface area contributed by atoms with Crippen LogP contribution in [0.4, 0.5) is 0 Å². The van der Waals surface area contributed by atoms with E-state index in [4.69, 9.17) is 11.6 Å². The first kappa shape index (κ1) is 11.1. The van der Waals surface area contributed by atoms with E-state index in [1.54, 1.807) is 18.3 Å². The zero-order valence-corrected chi connectivity index (χ0v) is 10.2. The maximum absolute atomic E-state index is 9.32. The van der Waals surface area contributed by atoms with E-state index in [-0.39, 0.29) is 5.75 Å². The van der Waals surface area contributed by atoms with E-state index < -0.39 is 0 Å². The molecule has 0 aliphatic heterocycles. The Morgan fingerprint density at radius 2 is 1.72 bits per heavy atom. The van der Waals surface area contributed by atoms with Crippen LogP contribution in [0.25, 0.3) is 22.0 Å². The third-order valence-corrected chi connectivity index (χ3v) is 3.12. The van der Waals surface area contributed by atoms with E-state index in [1.807, 2.05) is 36.4 Å². The summed E-state index contributed by atoms with van der Waals surface area (Å²) >= 11 is 5.96. The fraction of sp³-hybridized carbons (Fsp3) is 0. The molecular formula is C15H10ClNO. The molecule has 1 aromatic heterocycles. The Bertz CT molecular complexity index is 707. The predicted molar refractivity (Wildman–Crippen MR) is 73.9 cm³/mol. The van der Waals surface area contributed by atoms with Gasteiger partial charge in [-0.15, -0.1) is 0 Å². The summed E-state index contributed by atoms with van der Waals surface area (Å²) in [6, 6.07) is 14.8. The molecule has 0 bridgehead atoms. The SMILES string of the molecule is Oc1ccc(-c2ccnc3cc(Cl)ccc23)cc1. The largest absolute Gasteiger partial charge is 0.508 e. The lowest BCUT2D eigenvalue weighted by Gasteiger charge is -2.06. The Labute approximate surface area is 109 Å². The van der Waals surface area contributed by atoms with Gasteiger partial charge in [-0.05, 0) is 41.5 Å². The van der Waals surface area contributed by atoms with Crippen LogP contribution in [0.3, 0.4) is 0 Å². The van der Waals surface area contributed by atoms with E-state index >= 15 is 0 Å². The number of rotatable bonds is 1. The van der Waals surface area contributed by atoms with E-state index in [2.05, 4.69) is 4.98 Å². The highest BCUT2D eigenvalue weighted by atomic mass is 35.5. The van der Waals surface area contributed by atoms with E-state index in [0.717, 1.165) is 22.0 Å². The van der Waals surface area contributed by atoms with Crippen LogP contribution in [0.2, 0.25) is 5.02 Å². The number of phenolic OH excluding ortho intramolecular Hbond substituents is 1. The van der Waals surface area contributed by atoms with Gasteiger partial charge < -0.3 is 5.11 Å². The summed E-state index contributed by atoms with van der Waals surface area (Å²) in [6.45, 7) is 0. The second-order valence-corrected chi connectivity index (χ2v) is 4.50. The lowest BCUT2D eigenvalue weighted by molar-refractivity contribution is 0.475. The van der Waals surface area contributed by atoms with E-state index in [0.29, 0.717) is 5.02 Å². The number of aromatic nitrogens is 1. The fourth-order valence-electron chi connectivity index (χ4n) is 2.01. The number of benzene rings is 2. The molecule has 0 fully saturated rings. The van der Waals surface area contributed by atoms with Gasteiger partial charge in [0.25, 0.3) is 0 Å². The van der Waals surface area contributed by atoms with Crippen molar-refractivity contribution in [3.05, 3.63) is 59.8 Å². The minimum absolute atomic E-state index is 0.264. The molecule has 0 aliphatic carbocycles. The number of pyridine rings is 1. The molecule has 88 valence electrons. The van der Waals surface area contributed by atoms with Crippen LogP contribution < -0.4 is 0 Å². The van der Waals surface area contributed by atoms with Crippen LogP contribution in [0, 0.1) is 0 Å². The van der Waals surface area contributed by atoms with Crippen LogP contribution in [-0.2, 0) is 0 Å². The first-order chi connectivity index (χ1) is 8.74. The number of phenols is 1. The van der Waals surface area contributed by atoms with Gasteiger partial charge in [-0.1, -0.05) is 29.8 Å². The summed E-state index contributed by atoms with van der Waals surface area (Å²) in [4.78, 5) is 4.31. The van der Waals surface area contributed by atoms with Crippen LogP contribution in [0.5, 0.6) is 5.75 Å². The zero-order valence-electron chi connectivity index (χ0n) is 9.47. The lowest BCUT2D eigenvalue weighted by atomic mass is 10.0. The monoisotopic (exact) mass is 255 g/mol. The first-order valence-corrected chi connectivity index (χ1v) is 5.95. The molecule has 3 rings (SSSR count). The van der Waals surface area contributed by atoms with Gasteiger partial charge in [0, 0.05) is 16.6 Å². The summed E-state index contributed by atoms with van der Waals surface area (Å²) in [7, 11) is 0. The Balaban J connectivity index is 2.26. The molecule has 1 N–H and O–H groups in total. The molecule has 0 radical (unpaired) electrons. The van der Waals surface area contributed by atoms with Gasteiger partial charge in [0.15, 0.2) is 0 Å². The molecule has 0 unspecified atom stereocenters. The summed E-state index contributed by atoms with van der Waals surface area (Å²) in [5, 5.41) is 11.1. The zero-order chi connectivity index (χ0) is 12.5. The summed E-state index contributed by atoms with van der Waals surface area (Å²) in [5.41, 5.74) is 2.99. The maximum atomic E-state index is 9.32. The number of aromatic hydroxyl groups is 1. The van der Waals surface area contributed by atoms with Crippen LogP contribution in [0.15, 0.2) is 54.7 Å². The Morgan fingerprint density at radius 1 is 0.944 bits per heavy atom. The molecule has 2 aromatic carbocycles. The van der Waals surface area contributed by atoms with Crippen molar-refractivity contribution in [1.82, 2.24) is 4.98 Å². The number of halogens is 1. The van der Waals surface area contributed by atoms with Crippen molar-refractivity contribution >= 4 is 22.5 Å². The molecule has 1 heterocycles. The predicted octanol–water partition coefficient (Wildman–Crippen LogP) is 4.26. The Kier molecular flexibility index (Phi) is 2.65. The minimum Gasteiger partial charge on any atom is -0.508 e. The standard InChI is InChI=1S/C15H10ClNO/c16-11-3-6-14-13(7-8-17-15(14)9-11)10-1-4-12(18)5-2-10/h1-9,18H. The average Bonchev–Trinajstić information content (AvgIpc) is 2.38. The number of hydrogen-bond acceptors (Lipinski definition) is 2. The highest BCUT2D eigenvalue weighted by Gasteiger charge is 2.05. The molecule has 18 heavy (non-hydrogen) atoms. The minimum atomic E-state index is 0.264. The fourth-order valence-corrected chi connectivity index (χ4v) is 2.18. The summed E-state index contributed by atoms with van der Waals surface area (Å²) in [6.07, 6.45) is 1.76. The molecule has 3 aromatic rings. The topological polar surface area (TPSA) is 33.1 Å². The van der Waals surface area contributed by atoms with Gasteiger partial charge in [0.1, 0.15) is 5.75 Å². The normalized spacial score (nSPS) is 10.7. The summed E-state index contributed by atoms with van der Waals surface area (Å²) < 4.78 is 0. The third kappa shape index (κ3) is 1.91. The molecule has 0 saturated heterocycles. The maximum Gasteiger partial charge on any atom is 0.115 e. The molecule has 0 atom stereocenters. The highest BCUT2D eigenvalue weighted by molar-refractivity contribution is 6.31. The van der Waals surface area contributed by atoms with Gasteiger partial charge in [-0.25, -0.2) is 0 Å². The lowest BCUT2D eigenvalue weighted by Crippen LogP contribution is -1.84. The number of hydrogen-bond donors (Lipinski definition) is 1. The first-order valence-electron chi connectivity index (χ1n) is 5.58. The van der Waals surface area contributed by atoms with Gasteiger partial charge in [-0.2, -0.15) is 0 Å². The van der Waals surface area contributed by atoms with E-state index in [9.17, 15) is 5.11 Å². The van der Waals surface area contributed by atoms with Crippen LogP contribution in [0.1, 0.15) is 0 Å². The van der Waals surface area contributed by atoms with Crippen molar-refractivity contribution in [3.63, 3.8) is 0 Å². The van der Waals surface area contributed by atoms with Gasteiger partial charge >= 0.3 is 0 Å². The second-order valence-electron chi connectivity index (χ2n) is 4.07. The molecule has 0 saturated carbocycles. The van der Waals surface area contributed by atoms with E-state index in [1.165, 1.54) is 0 Å². The highest BCUT2D eigenvalue weighted by Crippen LogP contribution is 2.29. The van der Waals surface area contributed by atoms with Gasteiger partial charge in [0.05, 0.1) is 5.52 Å². The quantitative estimate of drug-likeness (QED) is 0.705. The Morgan fingerprint density at radius 3 is 2.50 bits per heavy atom. The second kappa shape index (κ2) is 4.31. The van der Waals surface area contributed by atoms with Gasteiger partial charge in [-0.3, -0.25) is 4.98 Å². The number of nitrogens with zero attached hydrogens (tertiary/aromatic N) is 1. The van der Waals surface area contributed by atoms with Crippen molar-refractivity contribution in [2.24, 2.45) is 0 Å². The summed E-state index contributed by atoms with van der Waals surface area (Å²) in [5.74, 6) is 0.264. The van der Waals surface area contributed by atoms with Crippen molar-refractivity contribution in [3.8, 4) is 16.9 Å². The molecule has 0 spiro atoms. The van der Waals surface area contributed by atoms with Crippen LogP contribution >= 0.6 is 11.6 Å². The van der Waals surface area contributed by atoms with Crippen molar-refractivity contribution in [2.75, 3.05) is 0 Å². The smallest absolute Gasteiger partial charge is 0.115 e. The molecule has 3 heteroatoms. The van der Waals surface area contributed by atoms with Crippen molar-refractivity contribution in [2.45, 2.75) is 0 Å². The molecule has 0 amide bonds. The molecule has 0 aliphatic rings. The van der Waals surface area contributed by atoms with Crippen molar-refractivity contribution < 1.29 is 5.11 Å².